The lowest BCUT2D eigenvalue weighted by Crippen LogP contribution is -1.86. The second kappa shape index (κ2) is 3.59. The smallest absolute Gasteiger partial charge is 0.246 e. The minimum Gasteiger partial charge on any atom is -0.435 e. The van der Waals surface area contributed by atoms with Crippen molar-refractivity contribution in [3.05, 3.63) is 42.1 Å². The molecule has 4 heteroatoms. The van der Waals surface area contributed by atoms with Crippen molar-refractivity contribution in [1.29, 1.82) is 0 Å². The number of rotatable bonds is 1. The van der Waals surface area contributed by atoms with Crippen LogP contribution in [0.3, 0.4) is 0 Å². The highest BCUT2D eigenvalue weighted by atomic mass is 16.3. The van der Waals surface area contributed by atoms with Gasteiger partial charge in [0.2, 0.25) is 5.89 Å². The fourth-order valence-corrected chi connectivity index (χ4v) is 1.75. The summed E-state index contributed by atoms with van der Waals surface area (Å²) in [5.74, 6) is 0.531. The van der Waals surface area contributed by atoms with E-state index < -0.39 is 0 Å². The summed E-state index contributed by atoms with van der Waals surface area (Å²) in [6.45, 7) is 1.98. The van der Waals surface area contributed by atoms with Crippen LogP contribution >= 0.6 is 0 Å². The second-order valence-electron chi connectivity index (χ2n) is 3.92. The Labute approximate surface area is 98.1 Å². The third-order valence-electron chi connectivity index (χ3n) is 2.62. The number of nitrogens with zero attached hydrogens (tertiary/aromatic N) is 2. The van der Waals surface area contributed by atoms with Gasteiger partial charge in [-0.3, -0.25) is 4.98 Å². The van der Waals surface area contributed by atoms with Crippen LogP contribution in [0, 0.1) is 6.92 Å². The maximum Gasteiger partial charge on any atom is 0.246 e. The number of nitrogens with two attached hydrogens (primary N) is 1. The predicted octanol–water partition coefficient (Wildman–Crippen LogP) is 2.78. The van der Waals surface area contributed by atoms with E-state index in [4.69, 9.17) is 10.2 Å². The summed E-state index contributed by atoms with van der Waals surface area (Å²) in [6.07, 6.45) is 1.73. The molecule has 2 aromatic heterocycles. The van der Waals surface area contributed by atoms with Crippen LogP contribution in [-0.4, -0.2) is 9.97 Å². The molecule has 1 aromatic carbocycles. The number of hydrogen-bond donors (Lipinski definition) is 1. The molecule has 0 aliphatic heterocycles. The molecule has 84 valence electrons. The summed E-state index contributed by atoms with van der Waals surface area (Å²) in [7, 11) is 0. The molecule has 0 saturated heterocycles. The topological polar surface area (TPSA) is 64.9 Å². The van der Waals surface area contributed by atoms with E-state index in [-0.39, 0.29) is 0 Å². The molecular formula is C13H11N3O. The first-order chi connectivity index (χ1) is 8.24. The van der Waals surface area contributed by atoms with Crippen molar-refractivity contribution < 1.29 is 4.42 Å². The fraction of sp³-hybridized carbons (Fsp3) is 0.0769. The molecule has 0 bridgehead atoms. The maximum atomic E-state index is 5.70. The lowest BCUT2D eigenvalue weighted by molar-refractivity contribution is 0.616. The van der Waals surface area contributed by atoms with Crippen molar-refractivity contribution in [1.82, 2.24) is 9.97 Å². The van der Waals surface area contributed by atoms with Gasteiger partial charge in [0.25, 0.3) is 0 Å². The molecule has 3 rings (SSSR count). The first-order valence-electron chi connectivity index (χ1n) is 5.32. The van der Waals surface area contributed by atoms with Crippen LogP contribution in [0.5, 0.6) is 0 Å². The number of hydrogen-bond acceptors (Lipinski definition) is 4. The van der Waals surface area contributed by atoms with Gasteiger partial charge < -0.3 is 10.2 Å². The molecule has 2 heterocycles. The van der Waals surface area contributed by atoms with E-state index in [9.17, 15) is 0 Å². The van der Waals surface area contributed by atoms with Crippen LogP contribution in [-0.2, 0) is 0 Å². The van der Waals surface area contributed by atoms with E-state index in [0.717, 1.165) is 16.8 Å². The van der Waals surface area contributed by atoms with E-state index in [1.54, 1.807) is 18.3 Å². The minimum atomic E-state index is 0.531. The summed E-state index contributed by atoms with van der Waals surface area (Å²) >= 11 is 0. The van der Waals surface area contributed by atoms with E-state index in [1.807, 2.05) is 25.1 Å². The highest BCUT2D eigenvalue weighted by molar-refractivity contribution is 5.79. The van der Waals surface area contributed by atoms with Crippen molar-refractivity contribution in [3.63, 3.8) is 0 Å². The fourth-order valence-electron chi connectivity index (χ4n) is 1.75. The number of anilines is 1. The maximum absolute atomic E-state index is 5.70. The number of fused-ring (bicyclic) bond motifs is 1. The molecule has 0 radical (unpaired) electrons. The third-order valence-corrected chi connectivity index (χ3v) is 2.62. The largest absolute Gasteiger partial charge is 0.435 e. The number of benzene rings is 1. The zero-order chi connectivity index (χ0) is 11.8. The van der Waals surface area contributed by atoms with E-state index in [1.165, 1.54) is 0 Å². The van der Waals surface area contributed by atoms with Gasteiger partial charge in [-0.1, -0.05) is 6.07 Å². The molecule has 3 aromatic rings. The van der Waals surface area contributed by atoms with Gasteiger partial charge in [0.05, 0.1) is 0 Å². The average molecular weight is 225 g/mol. The lowest BCUT2D eigenvalue weighted by Gasteiger charge is -1.97. The predicted molar refractivity (Wildman–Crippen MR) is 66.4 cm³/mol. The van der Waals surface area contributed by atoms with Crippen LogP contribution in [0.25, 0.3) is 22.7 Å². The van der Waals surface area contributed by atoms with E-state index in [0.29, 0.717) is 17.2 Å². The quantitative estimate of drug-likeness (QED) is 0.647. The summed E-state index contributed by atoms with van der Waals surface area (Å²) < 4.78 is 5.66. The van der Waals surface area contributed by atoms with Crippen LogP contribution in [0.1, 0.15) is 5.56 Å². The lowest BCUT2D eigenvalue weighted by atomic mass is 10.2. The molecule has 4 nitrogen and oxygen atoms in total. The van der Waals surface area contributed by atoms with Crippen molar-refractivity contribution in [2.45, 2.75) is 6.92 Å². The van der Waals surface area contributed by atoms with Gasteiger partial charge in [0.15, 0.2) is 5.58 Å². The molecular weight excluding hydrogens is 214 g/mol. The average Bonchev–Trinajstić information content (AvgIpc) is 2.72. The zero-order valence-electron chi connectivity index (χ0n) is 9.34. The summed E-state index contributed by atoms with van der Waals surface area (Å²) in [5.41, 5.74) is 9.64. The first kappa shape index (κ1) is 9.84. The molecule has 0 aliphatic rings. The molecule has 2 N–H and O–H groups in total. The molecule has 0 atom stereocenters. The van der Waals surface area contributed by atoms with Crippen molar-refractivity contribution >= 4 is 16.8 Å². The Bertz CT molecular complexity index is 688. The van der Waals surface area contributed by atoms with Gasteiger partial charge in [-0.15, -0.1) is 0 Å². The Morgan fingerprint density at radius 3 is 2.94 bits per heavy atom. The van der Waals surface area contributed by atoms with E-state index in [2.05, 4.69) is 9.97 Å². The Kier molecular flexibility index (Phi) is 2.08. The highest BCUT2D eigenvalue weighted by Crippen LogP contribution is 2.25. The Morgan fingerprint density at radius 1 is 1.24 bits per heavy atom. The first-order valence-corrected chi connectivity index (χ1v) is 5.32. The van der Waals surface area contributed by atoms with Gasteiger partial charge >= 0.3 is 0 Å². The van der Waals surface area contributed by atoms with Crippen LogP contribution in [0.2, 0.25) is 0 Å². The standard InChI is InChI=1S/C13H11N3O/c1-8-3-2-6-15-12(8)13-16-10-5-4-9(14)7-11(10)17-13/h2-7H,14H2,1H3. The zero-order valence-corrected chi connectivity index (χ0v) is 9.34. The number of aryl methyl sites for hydroxylation is 1. The molecule has 0 unspecified atom stereocenters. The second-order valence-corrected chi connectivity index (χ2v) is 3.92. The summed E-state index contributed by atoms with van der Waals surface area (Å²) in [5, 5.41) is 0. The molecule has 0 spiro atoms. The number of oxazole rings is 1. The Hall–Kier alpha value is -2.36. The molecule has 17 heavy (non-hydrogen) atoms. The minimum absolute atomic E-state index is 0.531. The Balaban J connectivity index is 2.22. The molecule has 0 aliphatic carbocycles. The van der Waals surface area contributed by atoms with Gasteiger partial charge in [0.1, 0.15) is 11.2 Å². The van der Waals surface area contributed by atoms with Crippen LogP contribution in [0.4, 0.5) is 5.69 Å². The number of pyridine rings is 1. The van der Waals surface area contributed by atoms with E-state index >= 15 is 0 Å². The normalized spacial score (nSPS) is 10.9. The SMILES string of the molecule is Cc1cccnc1-c1nc2ccc(N)cc2o1. The number of aromatic nitrogens is 2. The molecule has 0 fully saturated rings. The monoisotopic (exact) mass is 225 g/mol. The van der Waals surface area contributed by atoms with Gasteiger partial charge in [0, 0.05) is 18.0 Å². The van der Waals surface area contributed by atoms with Crippen LogP contribution < -0.4 is 5.73 Å². The Morgan fingerprint density at radius 2 is 2.12 bits per heavy atom. The third kappa shape index (κ3) is 1.63. The van der Waals surface area contributed by atoms with Gasteiger partial charge in [-0.2, -0.15) is 0 Å². The van der Waals surface area contributed by atoms with Gasteiger partial charge in [-0.25, -0.2) is 4.98 Å². The molecule has 0 amide bonds. The van der Waals surface area contributed by atoms with Crippen molar-refractivity contribution in [2.75, 3.05) is 5.73 Å². The summed E-state index contributed by atoms with van der Waals surface area (Å²) in [6, 6.07) is 9.28. The van der Waals surface area contributed by atoms with Crippen LogP contribution in [0.15, 0.2) is 40.9 Å². The van der Waals surface area contributed by atoms with Crippen molar-refractivity contribution in [2.24, 2.45) is 0 Å². The van der Waals surface area contributed by atoms with Gasteiger partial charge in [-0.05, 0) is 30.7 Å². The van der Waals surface area contributed by atoms with Crippen molar-refractivity contribution in [3.8, 4) is 11.6 Å². The number of nitrogen functional groups attached to an aromatic ring is 1. The highest BCUT2D eigenvalue weighted by Gasteiger charge is 2.11. The molecule has 0 saturated carbocycles. The summed E-state index contributed by atoms with van der Waals surface area (Å²) in [4.78, 5) is 8.68.